The lowest BCUT2D eigenvalue weighted by atomic mass is 9.96. The standard InChI is InChI=1S/C32H42N2O/c1-4-32(28-13-9-6-10-14-28)33-22-20-30(21-23-33)34(24-19-26(2)3)29-15-17-31(18-16-29)35-25-27-11-7-5-8-12-27/h5-18,26,30,32H,4,19-25H2,1-3H3. The zero-order valence-electron chi connectivity index (χ0n) is 21.8. The van der Waals surface area contributed by atoms with Gasteiger partial charge in [-0.25, -0.2) is 0 Å². The molecule has 0 saturated carbocycles. The minimum absolute atomic E-state index is 0.530. The van der Waals surface area contributed by atoms with Crippen LogP contribution < -0.4 is 9.64 Å². The fraction of sp³-hybridized carbons (Fsp3) is 0.438. The molecule has 0 aromatic heterocycles. The predicted octanol–water partition coefficient (Wildman–Crippen LogP) is 7.73. The van der Waals surface area contributed by atoms with Gasteiger partial charge in [-0.3, -0.25) is 4.90 Å². The Morgan fingerprint density at radius 2 is 1.49 bits per heavy atom. The molecule has 1 aliphatic rings. The topological polar surface area (TPSA) is 15.7 Å². The summed E-state index contributed by atoms with van der Waals surface area (Å²) in [5, 5.41) is 0. The molecule has 3 nitrogen and oxygen atoms in total. The van der Waals surface area contributed by atoms with Crippen LogP contribution in [0.15, 0.2) is 84.9 Å². The summed E-state index contributed by atoms with van der Waals surface area (Å²) in [5.41, 5.74) is 3.98. The Morgan fingerprint density at radius 1 is 0.857 bits per heavy atom. The molecule has 3 heteroatoms. The average Bonchev–Trinajstić information content (AvgIpc) is 2.90. The monoisotopic (exact) mass is 470 g/mol. The van der Waals surface area contributed by atoms with Crippen molar-refractivity contribution < 1.29 is 4.74 Å². The van der Waals surface area contributed by atoms with E-state index in [2.05, 4.69) is 109 Å². The summed E-state index contributed by atoms with van der Waals surface area (Å²) in [6, 6.07) is 31.3. The smallest absolute Gasteiger partial charge is 0.119 e. The molecule has 1 saturated heterocycles. The number of benzene rings is 3. The second kappa shape index (κ2) is 12.8. The highest BCUT2D eigenvalue weighted by Crippen LogP contribution is 2.31. The van der Waals surface area contributed by atoms with E-state index < -0.39 is 0 Å². The Labute approximate surface area is 212 Å². The first-order chi connectivity index (χ1) is 17.1. The van der Waals surface area contributed by atoms with Crippen molar-refractivity contribution in [2.75, 3.05) is 24.5 Å². The van der Waals surface area contributed by atoms with Gasteiger partial charge in [-0.15, -0.1) is 0 Å². The number of hydrogen-bond acceptors (Lipinski definition) is 3. The summed E-state index contributed by atoms with van der Waals surface area (Å²) in [4.78, 5) is 5.37. The number of hydrogen-bond donors (Lipinski definition) is 0. The third kappa shape index (κ3) is 7.11. The Bertz CT molecular complexity index is 979. The van der Waals surface area contributed by atoms with Gasteiger partial charge in [0, 0.05) is 37.4 Å². The highest BCUT2D eigenvalue weighted by Gasteiger charge is 2.28. The molecule has 0 spiro atoms. The van der Waals surface area contributed by atoms with Crippen molar-refractivity contribution in [2.45, 2.75) is 65.1 Å². The summed E-state index contributed by atoms with van der Waals surface area (Å²) < 4.78 is 6.04. The number of likely N-dealkylation sites (tertiary alicyclic amines) is 1. The van der Waals surface area contributed by atoms with Crippen LogP contribution in [0.3, 0.4) is 0 Å². The highest BCUT2D eigenvalue weighted by molar-refractivity contribution is 5.50. The van der Waals surface area contributed by atoms with Crippen molar-refractivity contribution in [3.63, 3.8) is 0 Å². The number of rotatable bonds is 11. The molecule has 0 amide bonds. The molecule has 3 aromatic carbocycles. The molecule has 1 aliphatic heterocycles. The lowest BCUT2D eigenvalue weighted by molar-refractivity contribution is 0.146. The minimum Gasteiger partial charge on any atom is -0.489 e. The van der Waals surface area contributed by atoms with Gasteiger partial charge in [-0.1, -0.05) is 81.4 Å². The van der Waals surface area contributed by atoms with Gasteiger partial charge >= 0.3 is 0 Å². The third-order valence-electron chi connectivity index (χ3n) is 7.32. The first-order valence-corrected chi connectivity index (χ1v) is 13.5. The van der Waals surface area contributed by atoms with E-state index in [1.807, 2.05) is 6.07 Å². The molecular formula is C32H42N2O. The summed E-state index contributed by atoms with van der Waals surface area (Å²) >= 11 is 0. The zero-order chi connectivity index (χ0) is 24.5. The minimum atomic E-state index is 0.530. The van der Waals surface area contributed by atoms with E-state index in [1.54, 1.807) is 0 Å². The number of anilines is 1. The molecule has 35 heavy (non-hydrogen) atoms. The summed E-state index contributed by atoms with van der Waals surface area (Å²) in [6.45, 7) is 11.0. The van der Waals surface area contributed by atoms with Crippen LogP contribution in [0.1, 0.15) is 63.6 Å². The SMILES string of the molecule is CCC(c1ccccc1)N1CCC(N(CCC(C)C)c2ccc(OCc3ccccc3)cc2)CC1. The highest BCUT2D eigenvalue weighted by atomic mass is 16.5. The molecule has 1 atom stereocenters. The van der Waals surface area contributed by atoms with Gasteiger partial charge in [0.2, 0.25) is 0 Å². The second-order valence-corrected chi connectivity index (χ2v) is 10.2. The van der Waals surface area contributed by atoms with Crippen molar-refractivity contribution >= 4 is 5.69 Å². The van der Waals surface area contributed by atoms with Crippen LogP contribution in [0.4, 0.5) is 5.69 Å². The van der Waals surface area contributed by atoms with Crippen LogP contribution in [0, 0.1) is 5.92 Å². The van der Waals surface area contributed by atoms with Crippen LogP contribution in [0.25, 0.3) is 0 Å². The molecule has 0 aliphatic carbocycles. The maximum absolute atomic E-state index is 6.04. The van der Waals surface area contributed by atoms with Crippen LogP contribution in [0.2, 0.25) is 0 Å². The van der Waals surface area contributed by atoms with Gasteiger partial charge in [0.15, 0.2) is 0 Å². The van der Waals surface area contributed by atoms with E-state index in [9.17, 15) is 0 Å². The maximum Gasteiger partial charge on any atom is 0.119 e. The molecule has 1 unspecified atom stereocenters. The molecule has 4 rings (SSSR count). The predicted molar refractivity (Wildman–Crippen MR) is 148 cm³/mol. The van der Waals surface area contributed by atoms with Crippen molar-refractivity contribution in [2.24, 2.45) is 5.92 Å². The zero-order valence-corrected chi connectivity index (χ0v) is 21.8. The van der Waals surface area contributed by atoms with Gasteiger partial charge < -0.3 is 9.64 Å². The van der Waals surface area contributed by atoms with Gasteiger partial charge in [0.1, 0.15) is 12.4 Å². The molecule has 1 heterocycles. The van der Waals surface area contributed by atoms with Gasteiger partial charge in [-0.05, 0) is 67.0 Å². The lowest BCUT2D eigenvalue weighted by Gasteiger charge is -2.42. The van der Waals surface area contributed by atoms with Crippen LogP contribution in [-0.4, -0.2) is 30.6 Å². The molecule has 0 radical (unpaired) electrons. The fourth-order valence-corrected chi connectivity index (χ4v) is 5.28. The summed E-state index contributed by atoms with van der Waals surface area (Å²) in [5.74, 6) is 1.64. The molecule has 0 bridgehead atoms. The number of piperidine rings is 1. The third-order valence-corrected chi connectivity index (χ3v) is 7.32. The van der Waals surface area contributed by atoms with Crippen molar-refractivity contribution in [3.8, 4) is 5.75 Å². The first-order valence-electron chi connectivity index (χ1n) is 13.5. The molecule has 0 N–H and O–H groups in total. The average molecular weight is 471 g/mol. The largest absolute Gasteiger partial charge is 0.489 e. The molecular weight excluding hydrogens is 428 g/mol. The second-order valence-electron chi connectivity index (χ2n) is 10.2. The number of nitrogens with zero attached hydrogens (tertiary/aromatic N) is 2. The summed E-state index contributed by atoms with van der Waals surface area (Å²) in [6.07, 6.45) is 4.81. The van der Waals surface area contributed by atoms with Gasteiger partial charge in [0.05, 0.1) is 0 Å². The molecule has 3 aromatic rings. The normalized spacial score (nSPS) is 15.8. The van der Waals surface area contributed by atoms with Gasteiger partial charge in [-0.2, -0.15) is 0 Å². The first kappa shape index (κ1) is 25.3. The molecule has 186 valence electrons. The molecule has 1 fully saturated rings. The maximum atomic E-state index is 6.04. The van der Waals surface area contributed by atoms with Crippen LogP contribution in [-0.2, 0) is 6.61 Å². The van der Waals surface area contributed by atoms with Crippen molar-refractivity contribution in [1.82, 2.24) is 4.90 Å². The van der Waals surface area contributed by atoms with E-state index in [0.717, 1.165) is 31.8 Å². The van der Waals surface area contributed by atoms with Crippen LogP contribution >= 0.6 is 0 Å². The van der Waals surface area contributed by atoms with E-state index in [0.29, 0.717) is 24.6 Å². The lowest BCUT2D eigenvalue weighted by Crippen LogP contribution is -2.46. The quantitative estimate of drug-likeness (QED) is 0.285. The van der Waals surface area contributed by atoms with Crippen molar-refractivity contribution in [1.29, 1.82) is 0 Å². The summed E-state index contributed by atoms with van der Waals surface area (Å²) in [7, 11) is 0. The Morgan fingerprint density at radius 3 is 2.09 bits per heavy atom. The Hall–Kier alpha value is -2.78. The van der Waals surface area contributed by atoms with Gasteiger partial charge in [0.25, 0.3) is 0 Å². The van der Waals surface area contributed by atoms with E-state index in [4.69, 9.17) is 4.74 Å². The fourth-order valence-electron chi connectivity index (χ4n) is 5.28. The number of ether oxygens (including phenoxy) is 1. The Balaban J connectivity index is 1.40. The van der Waals surface area contributed by atoms with E-state index in [-0.39, 0.29) is 0 Å². The van der Waals surface area contributed by atoms with E-state index >= 15 is 0 Å². The van der Waals surface area contributed by atoms with Crippen LogP contribution in [0.5, 0.6) is 5.75 Å². The van der Waals surface area contributed by atoms with Crippen molar-refractivity contribution in [3.05, 3.63) is 96.1 Å². The Kier molecular flexibility index (Phi) is 9.25. The van der Waals surface area contributed by atoms with E-state index in [1.165, 1.54) is 36.1 Å².